The van der Waals surface area contributed by atoms with Crippen LogP contribution in [0.15, 0.2) is 29.0 Å². The molecule has 3 aromatic rings. The van der Waals surface area contributed by atoms with Gasteiger partial charge in [-0.05, 0) is 40.9 Å². The first-order valence-corrected chi connectivity index (χ1v) is 7.89. The molecule has 0 amide bonds. The van der Waals surface area contributed by atoms with E-state index in [9.17, 15) is 4.39 Å². The average molecular weight is 309 g/mol. The molecule has 0 radical (unpaired) electrons. The average Bonchev–Trinajstić information content (AvgIpc) is 3.02. The van der Waals surface area contributed by atoms with E-state index in [-0.39, 0.29) is 5.82 Å². The molecule has 5 heteroatoms. The smallest absolute Gasteiger partial charge is 0.128 e. The molecule has 2 heterocycles. The van der Waals surface area contributed by atoms with Crippen LogP contribution >= 0.6 is 22.9 Å². The van der Waals surface area contributed by atoms with E-state index in [0.29, 0.717) is 23.4 Å². The van der Waals surface area contributed by atoms with Gasteiger partial charge in [-0.25, -0.2) is 9.37 Å². The molecule has 20 heavy (non-hydrogen) atoms. The van der Waals surface area contributed by atoms with E-state index in [0.717, 1.165) is 17.9 Å². The summed E-state index contributed by atoms with van der Waals surface area (Å²) < 4.78 is 15.8. The van der Waals surface area contributed by atoms with E-state index in [1.807, 2.05) is 6.07 Å². The lowest BCUT2D eigenvalue weighted by Gasteiger charge is -2.07. The quantitative estimate of drug-likeness (QED) is 0.654. The van der Waals surface area contributed by atoms with E-state index < -0.39 is 0 Å². The Kier molecular flexibility index (Phi) is 3.76. The summed E-state index contributed by atoms with van der Waals surface area (Å²) in [5.41, 5.74) is 3.53. The molecule has 0 fully saturated rings. The lowest BCUT2D eigenvalue weighted by molar-refractivity contribution is 0.620. The highest BCUT2D eigenvalue weighted by molar-refractivity contribution is 7.07. The molecule has 0 N–H and O–H groups in total. The zero-order valence-electron chi connectivity index (χ0n) is 11.1. The number of halogens is 2. The topological polar surface area (TPSA) is 17.8 Å². The number of rotatable bonds is 4. The van der Waals surface area contributed by atoms with Crippen molar-refractivity contribution in [3.63, 3.8) is 0 Å². The van der Waals surface area contributed by atoms with Gasteiger partial charge in [0.15, 0.2) is 0 Å². The largest absolute Gasteiger partial charge is 0.323 e. The zero-order chi connectivity index (χ0) is 14.1. The number of hydrogen-bond acceptors (Lipinski definition) is 2. The molecule has 3 rings (SSSR count). The summed E-state index contributed by atoms with van der Waals surface area (Å²) in [5.74, 6) is 1.20. The van der Waals surface area contributed by atoms with Crippen LogP contribution in [0.5, 0.6) is 0 Å². The summed E-state index contributed by atoms with van der Waals surface area (Å²) in [6.45, 7) is 2.52. The Balaban J connectivity index is 2.15. The van der Waals surface area contributed by atoms with Crippen LogP contribution in [0.1, 0.15) is 17.0 Å². The number of fused-ring (bicyclic) bond motifs is 1. The van der Waals surface area contributed by atoms with Crippen LogP contribution in [0.3, 0.4) is 0 Å². The number of imidazole rings is 1. The third kappa shape index (κ3) is 2.45. The summed E-state index contributed by atoms with van der Waals surface area (Å²) in [7, 11) is 0. The van der Waals surface area contributed by atoms with Crippen LogP contribution in [0, 0.1) is 12.7 Å². The van der Waals surface area contributed by atoms with Crippen molar-refractivity contribution in [1.29, 1.82) is 0 Å². The van der Waals surface area contributed by atoms with Crippen molar-refractivity contribution in [3.8, 4) is 0 Å². The fourth-order valence-corrected chi connectivity index (χ4v) is 3.15. The van der Waals surface area contributed by atoms with Gasteiger partial charge >= 0.3 is 0 Å². The Morgan fingerprint density at radius 2 is 2.25 bits per heavy atom. The standard InChI is InChI=1S/C15H14ClFN2S/c1-10-6-14-13(7-12(10)17)18-15(2-4-16)19(14)8-11-3-5-20-9-11/h3,5-7,9H,2,4,8H2,1H3. The predicted octanol–water partition coefficient (Wildman–Crippen LogP) is 4.37. The number of alkyl halides is 1. The van der Waals surface area contributed by atoms with Gasteiger partial charge in [0.1, 0.15) is 11.6 Å². The van der Waals surface area contributed by atoms with Gasteiger partial charge in [0.25, 0.3) is 0 Å². The number of aryl methyl sites for hydroxylation is 2. The minimum Gasteiger partial charge on any atom is -0.323 e. The van der Waals surface area contributed by atoms with Gasteiger partial charge in [0, 0.05) is 18.4 Å². The first-order valence-electron chi connectivity index (χ1n) is 6.41. The van der Waals surface area contributed by atoms with E-state index in [2.05, 4.69) is 26.4 Å². The van der Waals surface area contributed by atoms with Gasteiger partial charge < -0.3 is 4.57 Å². The minimum absolute atomic E-state index is 0.213. The molecular weight excluding hydrogens is 295 g/mol. The summed E-state index contributed by atoms with van der Waals surface area (Å²) in [6, 6.07) is 5.46. The van der Waals surface area contributed by atoms with Crippen molar-refractivity contribution in [1.82, 2.24) is 9.55 Å². The maximum absolute atomic E-state index is 13.7. The maximum Gasteiger partial charge on any atom is 0.128 e. The van der Waals surface area contributed by atoms with Crippen molar-refractivity contribution in [2.24, 2.45) is 0 Å². The Morgan fingerprint density at radius 1 is 1.40 bits per heavy atom. The molecule has 2 nitrogen and oxygen atoms in total. The normalized spacial score (nSPS) is 11.3. The fourth-order valence-electron chi connectivity index (χ4n) is 2.32. The first kappa shape index (κ1) is 13.6. The minimum atomic E-state index is -0.213. The zero-order valence-corrected chi connectivity index (χ0v) is 12.6. The van der Waals surface area contributed by atoms with Crippen molar-refractivity contribution >= 4 is 34.0 Å². The van der Waals surface area contributed by atoms with Gasteiger partial charge in [-0.15, -0.1) is 11.6 Å². The van der Waals surface area contributed by atoms with Gasteiger partial charge in [0.05, 0.1) is 17.6 Å². The SMILES string of the molecule is Cc1cc2c(cc1F)nc(CCCl)n2Cc1ccsc1. The Hall–Kier alpha value is -1.39. The Bertz CT molecular complexity index is 734. The molecule has 0 saturated carbocycles. The second kappa shape index (κ2) is 5.54. The van der Waals surface area contributed by atoms with Crippen molar-refractivity contribution in [2.45, 2.75) is 19.9 Å². The van der Waals surface area contributed by atoms with Crippen molar-refractivity contribution in [2.75, 3.05) is 5.88 Å². The van der Waals surface area contributed by atoms with Crippen LogP contribution in [0.2, 0.25) is 0 Å². The summed E-state index contributed by atoms with van der Waals surface area (Å²) in [5, 5.41) is 4.17. The van der Waals surface area contributed by atoms with Crippen LogP contribution in [0.4, 0.5) is 4.39 Å². The van der Waals surface area contributed by atoms with Gasteiger partial charge in [-0.2, -0.15) is 11.3 Å². The molecule has 0 aliphatic heterocycles. The summed E-state index contributed by atoms with van der Waals surface area (Å²) >= 11 is 7.53. The lowest BCUT2D eigenvalue weighted by Crippen LogP contribution is -2.05. The highest BCUT2D eigenvalue weighted by Gasteiger charge is 2.13. The van der Waals surface area contributed by atoms with Crippen LogP contribution < -0.4 is 0 Å². The van der Waals surface area contributed by atoms with E-state index in [1.165, 1.54) is 11.6 Å². The number of thiophene rings is 1. The maximum atomic E-state index is 13.7. The van der Waals surface area contributed by atoms with Gasteiger partial charge in [-0.1, -0.05) is 0 Å². The highest BCUT2D eigenvalue weighted by atomic mass is 35.5. The number of benzene rings is 1. The lowest BCUT2D eigenvalue weighted by atomic mass is 10.2. The molecule has 0 spiro atoms. The molecular formula is C15H14ClFN2S. The molecule has 2 aromatic heterocycles. The first-order chi connectivity index (χ1) is 9.69. The summed E-state index contributed by atoms with van der Waals surface area (Å²) in [6.07, 6.45) is 0.682. The van der Waals surface area contributed by atoms with E-state index in [4.69, 9.17) is 11.6 Å². The number of hydrogen-bond donors (Lipinski definition) is 0. The molecule has 0 bridgehead atoms. The second-order valence-corrected chi connectivity index (χ2v) is 5.93. The monoisotopic (exact) mass is 308 g/mol. The van der Waals surface area contributed by atoms with Crippen LogP contribution in [-0.4, -0.2) is 15.4 Å². The predicted molar refractivity (Wildman–Crippen MR) is 82.3 cm³/mol. The van der Waals surface area contributed by atoms with E-state index in [1.54, 1.807) is 18.3 Å². The Morgan fingerprint density at radius 3 is 2.95 bits per heavy atom. The molecule has 0 aliphatic rings. The van der Waals surface area contributed by atoms with Crippen LogP contribution in [-0.2, 0) is 13.0 Å². The molecule has 0 atom stereocenters. The fraction of sp³-hybridized carbons (Fsp3) is 0.267. The van der Waals surface area contributed by atoms with Gasteiger partial charge in [-0.3, -0.25) is 0 Å². The number of nitrogens with zero attached hydrogens (tertiary/aromatic N) is 2. The van der Waals surface area contributed by atoms with Crippen molar-refractivity contribution < 1.29 is 4.39 Å². The summed E-state index contributed by atoms with van der Waals surface area (Å²) in [4.78, 5) is 4.53. The van der Waals surface area contributed by atoms with E-state index >= 15 is 0 Å². The third-order valence-electron chi connectivity index (χ3n) is 3.35. The van der Waals surface area contributed by atoms with Crippen LogP contribution in [0.25, 0.3) is 11.0 Å². The third-order valence-corrected chi connectivity index (χ3v) is 4.27. The molecule has 0 aliphatic carbocycles. The van der Waals surface area contributed by atoms with Gasteiger partial charge in [0.2, 0.25) is 0 Å². The van der Waals surface area contributed by atoms with Crippen molar-refractivity contribution in [3.05, 3.63) is 51.7 Å². The highest BCUT2D eigenvalue weighted by Crippen LogP contribution is 2.22. The molecule has 0 unspecified atom stereocenters. The Labute approximate surface area is 125 Å². The molecule has 1 aromatic carbocycles. The molecule has 0 saturated heterocycles. The number of aromatic nitrogens is 2. The molecule has 104 valence electrons. The second-order valence-electron chi connectivity index (χ2n) is 4.77.